The molecule has 0 saturated carbocycles. The zero-order chi connectivity index (χ0) is 21.7. The van der Waals surface area contributed by atoms with Crippen molar-refractivity contribution in [2.24, 2.45) is 0 Å². The molecule has 30 heavy (non-hydrogen) atoms. The van der Waals surface area contributed by atoms with Gasteiger partial charge in [-0.05, 0) is 31.7 Å². The van der Waals surface area contributed by atoms with Crippen molar-refractivity contribution >= 4 is 44.6 Å². The fraction of sp³-hybridized carbons (Fsp3) is 0.474. The van der Waals surface area contributed by atoms with Gasteiger partial charge in [0.25, 0.3) is 0 Å². The predicted octanol–water partition coefficient (Wildman–Crippen LogP) is 2.45. The second-order valence-electron chi connectivity index (χ2n) is 6.97. The topological polar surface area (TPSA) is 91.8 Å². The molecule has 1 aliphatic heterocycles. The summed E-state index contributed by atoms with van der Waals surface area (Å²) >= 11 is 7.77. The summed E-state index contributed by atoms with van der Waals surface area (Å²) in [7, 11) is -1.93. The lowest BCUT2D eigenvalue weighted by atomic mass is 10.3. The van der Waals surface area contributed by atoms with Crippen LogP contribution in [0.1, 0.15) is 17.6 Å². The Morgan fingerprint density at radius 2 is 2.10 bits per heavy atom. The number of benzene rings is 1. The molecule has 164 valence electrons. The molecule has 0 aliphatic carbocycles. The van der Waals surface area contributed by atoms with E-state index in [1.165, 1.54) is 16.4 Å². The molecular weight excluding hydrogens is 448 g/mol. The smallest absolute Gasteiger partial charge is 0.244 e. The average molecular weight is 473 g/mol. The van der Waals surface area contributed by atoms with Crippen molar-refractivity contribution < 1.29 is 17.9 Å². The van der Waals surface area contributed by atoms with Gasteiger partial charge in [0, 0.05) is 30.7 Å². The zero-order valence-electron chi connectivity index (χ0n) is 16.9. The Balaban J connectivity index is 1.64. The monoisotopic (exact) mass is 472 g/mol. The first-order valence-corrected chi connectivity index (χ1v) is 12.3. The van der Waals surface area contributed by atoms with E-state index in [0.717, 1.165) is 17.1 Å². The molecule has 1 aliphatic rings. The number of ether oxygens (including phenoxy) is 1. The van der Waals surface area contributed by atoms with Gasteiger partial charge in [-0.15, -0.1) is 11.3 Å². The zero-order valence-corrected chi connectivity index (χ0v) is 19.3. The van der Waals surface area contributed by atoms with Crippen LogP contribution in [0.5, 0.6) is 0 Å². The number of nitrogens with zero attached hydrogens (tertiary/aromatic N) is 3. The number of halogens is 1. The highest BCUT2D eigenvalue weighted by atomic mass is 35.5. The van der Waals surface area contributed by atoms with Gasteiger partial charge >= 0.3 is 0 Å². The minimum atomic E-state index is -3.76. The Morgan fingerprint density at radius 1 is 1.37 bits per heavy atom. The van der Waals surface area contributed by atoms with E-state index in [4.69, 9.17) is 16.3 Å². The molecule has 1 N–H and O–H groups in total. The van der Waals surface area contributed by atoms with Crippen LogP contribution in [-0.4, -0.2) is 68.4 Å². The molecule has 2 heterocycles. The van der Waals surface area contributed by atoms with Gasteiger partial charge in [-0.1, -0.05) is 18.5 Å². The molecule has 1 aromatic carbocycles. The van der Waals surface area contributed by atoms with Crippen LogP contribution in [0.2, 0.25) is 5.02 Å². The summed E-state index contributed by atoms with van der Waals surface area (Å²) in [6.07, 6.45) is 0.890. The Labute approximate surface area is 185 Å². The molecule has 1 saturated heterocycles. The summed E-state index contributed by atoms with van der Waals surface area (Å²) in [5, 5.41) is 5.93. The van der Waals surface area contributed by atoms with Crippen LogP contribution >= 0.6 is 22.9 Å². The fourth-order valence-corrected chi connectivity index (χ4v) is 5.71. The van der Waals surface area contributed by atoms with E-state index < -0.39 is 10.0 Å². The Hall–Kier alpha value is -1.56. The predicted molar refractivity (Wildman–Crippen MR) is 117 cm³/mol. The second-order valence-corrected chi connectivity index (χ2v) is 10.2. The van der Waals surface area contributed by atoms with Crippen molar-refractivity contribution in [3.63, 3.8) is 0 Å². The summed E-state index contributed by atoms with van der Waals surface area (Å²) in [5.41, 5.74) is 1.31. The van der Waals surface area contributed by atoms with Crippen LogP contribution in [-0.2, 0) is 32.5 Å². The molecular formula is C19H25ClN4O4S2. The number of likely N-dealkylation sites (N-methyl/N-ethyl adjacent to an activating group) is 1. The van der Waals surface area contributed by atoms with Crippen LogP contribution in [0, 0.1) is 0 Å². The van der Waals surface area contributed by atoms with Crippen LogP contribution in [0.25, 0.3) is 0 Å². The first kappa shape index (κ1) is 23.1. The lowest BCUT2D eigenvalue weighted by Crippen LogP contribution is -2.40. The highest BCUT2D eigenvalue weighted by Gasteiger charge is 2.28. The number of carbonyl (C=O) groups excluding carboxylic acids is 1. The molecule has 11 heteroatoms. The summed E-state index contributed by atoms with van der Waals surface area (Å²) in [6, 6.07) is 4.47. The largest absolute Gasteiger partial charge is 0.379 e. The summed E-state index contributed by atoms with van der Waals surface area (Å²) in [4.78, 5) is 18.8. The number of aryl methyl sites for hydroxylation is 1. The van der Waals surface area contributed by atoms with Crippen molar-refractivity contribution in [2.45, 2.75) is 24.8 Å². The van der Waals surface area contributed by atoms with Crippen molar-refractivity contribution in [1.29, 1.82) is 0 Å². The number of hydrogen-bond acceptors (Lipinski definition) is 7. The fourth-order valence-electron chi connectivity index (χ4n) is 3.07. The maximum atomic E-state index is 12.9. The summed E-state index contributed by atoms with van der Waals surface area (Å²) < 4.78 is 32.4. The van der Waals surface area contributed by atoms with E-state index in [1.807, 2.05) is 17.3 Å². The SMILES string of the molecule is CCc1nc(CN(C)CC(=O)Nc2ccc(Cl)c(S(=O)(=O)N3CCOCC3)c2)cs1. The van der Waals surface area contributed by atoms with Crippen molar-refractivity contribution in [1.82, 2.24) is 14.2 Å². The van der Waals surface area contributed by atoms with Gasteiger partial charge in [-0.2, -0.15) is 4.31 Å². The third-order valence-electron chi connectivity index (χ3n) is 4.55. The first-order chi connectivity index (χ1) is 14.3. The molecule has 0 spiro atoms. The van der Waals surface area contributed by atoms with E-state index in [-0.39, 0.29) is 35.5 Å². The molecule has 0 bridgehead atoms. The maximum Gasteiger partial charge on any atom is 0.244 e. The van der Waals surface area contributed by atoms with E-state index >= 15 is 0 Å². The molecule has 1 amide bonds. The summed E-state index contributed by atoms with van der Waals surface area (Å²) in [5.74, 6) is -0.250. The number of hydrogen-bond donors (Lipinski definition) is 1. The van der Waals surface area contributed by atoms with Gasteiger partial charge in [0.05, 0.1) is 35.5 Å². The van der Waals surface area contributed by atoms with Gasteiger partial charge in [-0.25, -0.2) is 13.4 Å². The number of aromatic nitrogens is 1. The molecule has 1 aromatic heterocycles. The highest BCUT2D eigenvalue weighted by molar-refractivity contribution is 7.89. The number of anilines is 1. The van der Waals surface area contributed by atoms with E-state index in [9.17, 15) is 13.2 Å². The highest BCUT2D eigenvalue weighted by Crippen LogP contribution is 2.28. The summed E-state index contributed by atoms with van der Waals surface area (Å²) in [6.45, 7) is 4.00. The number of morpholine rings is 1. The van der Waals surface area contributed by atoms with Crippen LogP contribution in [0.15, 0.2) is 28.5 Å². The Bertz CT molecular complexity index is 990. The van der Waals surface area contributed by atoms with Gasteiger partial charge in [-0.3, -0.25) is 9.69 Å². The van der Waals surface area contributed by atoms with Crippen molar-refractivity contribution in [2.75, 3.05) is 45.2 Å². The molecule has 0 unspecified atom stereocenters. The maximum absolute atomic E-state index is 12.9. The van der Waals surface area contributed by atoms with Gasteiger partial charge < -0.3 is 10.1 Å². The number of nitrogens with one attached hydrogen (secondary N) is 1. The molecule has 2 aromatic rings. The first-order valence-electron chi connectivity index (χ1n) is 9.58. The standard InChI is InChI=1S/C19H25ClN4O4S2/c1-3-19-22-15(13-29-19)11-23(2)12-18(25)21-14-4-5-16(20)17(10-14)30(26,27)24-6-8-28-9-7-24/h4-5,10,13H,3,6-9,11-12H2,1-2H3,(H,21,25). The van der Waals surface area contributed by atoms with Crippen LogP contribution in [0.3, 0.4) is 0 Å². The number of thiazole rings is 1. The third kappa shape index (κ3) is 5.77. The molecule has 0 atom stereocenters. The number of rotatable bonds is 8. The molecule has 0 radical (unpaired) electrons. The van der Waals surface area contributed by atoms with Crippen LogP contribution in [0.4, 0.5) is 5.69 Å². The Morgan fingerprint density at radius 3 is 2.77 bits per heavy atom. The second kappa shape index (κ2) is 10.2. The van der Waals surface area contributed by atoms with Crippen LogP contribution < -0.4 is 5.32 Å². The minimum absolute atomic E-state index is 0.0215. The normalized spacial score (nSPS) is 15.5. The number of carbonyl (C=O) groups is 1. The van der Waals surface area contributed by atoms with Gasteiger partial charge in [0.15, 0.2) is 0 Å². The van der Waals surface area contributed by atoms with E-state index in [1.54, 1.807) is 17.4 Å². The lowest BCUT2D eigenvalue weighted by molar-refractivity contribution is -0.117. The van der Waals surface area contributed by atoms with Gasteiger partial charge in [0.1, 0.15) is 4.90 Å². The quantitative estimate of drug-likeness (QED) is 0.634. The molecule has 3 rings (SSSR count). The van der Waals surface area contributed by atoms with Crippen molar-refractivity contribution in [3.8, 4) is 0 Å². The van der Waals surface area contributed by atoms with E-state index in [2.05, 4.69) is 17.2 Å². The third-order valence-corrected chi connectivity index (χ3v) is 7.97. The molecule has 1 fully saturated rings. The van der Waals surface area contributed by atoms with Crippen molar-refractivity contribution in [3.05, 3.63) is 39.3 Å². The Kier molecular flexibility index (Phi) is 7.83. The van der Waals surface area contributed by atoms with E-state index in [0.29, 0.717) is 25.4 Å². The number of sulfonamides is 1. The lowest BCUT2D eigenvalue weighted by Gasteiger charge is -2.26. The van der Waals surface area contributed by atoms with Gasteiger partial charge in [0.2, 0.25) is 15.9 Å². The number of amides is 1. The molecule has 8 nitrogen and oxygen atoms in total. The minimum Gasteiger partial charge on any atom is -0.379 e. The average Bonchev–Trinajstić information content (AvgIpc) is 3.17.